The highest BCUT2D eigenvalue weighted by atomic mass is 16.5. The van der Waals surface area contributed by atoms with Gasteiger partial charge in [-0.05, 0) is 41.8 Å². The predicted molar refractivity (Wildman–Crippen MR) is 145 cm³/mol. The summed E-state index contributed by atoms with van der Waals surface area (Å²) in [7, 11) is 2.21. The van der Waals surface area contributed by atoms with Crippen molar-refractivity contribution >= 4 is 16.7 Å². The summed E-state index contributed by atoms with van der Waals surface area (Å²) >= 11 is 0. The summed E-state index contributed by atoms with van der Waals surface area (Å²) < 4.78 is 5.45. The van der Waals surface area contributed by atoms with Crippen molar-refractivity contribution in [3.8, 4) is 0 Å². The number of piperazine rings is 1. The molecule has 36 heavy (non-hydrogen) atoms. The summed E-state index contributed by atoms with van der Waals surface area (Å²) in [5.41, 5.74) is 1.33. The van der Waals surface area contributed by atoms with Crippen molar-refractivity contribution in [2.45, 2.75) is 13.0 Å². The van der Waals surface area contributed by atoms with E-state index >= 15 is 0 Å². The minimum absolute atomic E-state index is 0.0568. The molecule has 2 aromatic rings. The van der Waals surface area contributed by atoms with E-state index in [0.29, 0.717) is 5.92 Å². The first-order valence-corrected chi connectivity index (χ1v) is 13.8. The lowest BCUT2D eigenvalue weighted by Gasteiger charge is -2.41. The van der Waals surface area contributed by atoms with Gasteiger partial charge in [-0.1, -0.05) is 36.4 Å². The highest BCUT2D eigenvalue weighted by molar-refractivity contribution is 5.83. The molecule has 3 aliphatic heterocycles. The van der Waals surface area contributed by atoms with Gasteiger partial charge in [0.15, 0.2) is 0 Å². The van der Waals surface area contributed by atoms with E-state index in [1.165, 1.54) is 16.3 Å². The molecule has 0 bridgehead atoms. The molecule has 0 aromatic heterocycles. The maximum Gasteiger partial charge on any atom is 0.224 e. The number of carbonyl (C=O) groups excluding carboxylic acids is 1. The van der Waals surface area contributed by atoms with E-state index in [1.807, 2.05) is 0 Å². The second-order valence-corrected chi connectivity index (χ2v) is 11.0. The van der Waals surface area contributed by atoms with Crippen molar-refractivity contribution < 1.29 is 9.53 Å². The van der Waals surface area contributed by atoms with Crippen LogP contribution in [0.5, 0.6) is 0 Å². The summed E-state index contributed by atoms with van der Waals surface area (Å²) in [5, 5.41) is 5.84. The Kier molecular flexibility index (Phi) is 8.88. The number of nitrogens with one attached hydrogen (secondary N) is 1. The van der Waals surface area contributed by atoms with Crippen LogP contribution in [0.4, 0.5) is 0 Å². The number of likely N-dealkylation sites (N-methyl/N-ethyl adjacent to an activating group) is 1. The van der Waals surface area contributed by atoms with Gasteiger partial charge in [-0.2, -0.15) is 0 Å². The van der Waals surface area contributed by atoms with Crippen molar-refractivity contribution in [1.82, 2.24) is 24.9 Å². The Balaban J connectivity index is 1.21. The fraction of sp³-hybridized carbons (Fsp3) is 0.621. The molecule has 0 aliphatic carbocycles. The van der Waals surface area contributed by atoms with Gasteiger partial charge in [-0.3, -0.25) is 14.6 Å². The number of nitrogens with zero attached hydrogens (tertiary/aromatic N) is 4. The van der Waals surface area contributed by atoms with Crippen LogP contribution in [0, 0.1) is 11.8 Å². The van der Waals surface area contributed by atoms with Gasteiger partial charge >= 0.3 is 0 Å². The van der Waals surface area contributed by atoms with Crippen molar-refractivity contribution in [2.24, 2.45) is 11.8 Å². The van der Waals surface area contributed by atoms with E-state index in [4.69, 9.17) is 4.74 Å². The third kappa shape index (κ3) is 7.05. The van der Waals surface area contributed by atoms with Crippen LogP contribution >= 0.6 is 0 Å². The summed E-state index contributed by atoms with van der Waals surface area (Å²) in [6.07, 6.45) is 0.990. The second kappa shape index (κ2) is 12.5. The minimum Gasteiger partial charge on any atom is -0.379 e. The zero-order chi connectivity index (χ0) is 24.7. The van der Waals surface area contributed by atoms with Gasteiger partial charge in [0.1, 0.15) is 0 Å². The quantitative estimate of drug-likeness (QED) is 0.607. The topological polar surface area (TPSA) is 51.3 Å². The first kappa shape index (κ1) is 25.6. The standard InChI is InChI=1S/C29H43N5O2/c1-31-10-12-33(13-11-31)21-25-19-28(29(35)30-8-9-32-14-16-36-17-15-32)23-34(22-25)20-24-6-7-26-4-2-3-5-27(26)18-24/h2-7,18,25,28H,8-17,19-23H2,1H3,(H,30,35)/t25-,28-/m1/s1. The van der Waals surface area contributed by atoms with Crippen LogP contribution in [0.15, 0.2) is 42.5 Å². The number of hydrogen-bond acceptors (Lipinski definition) is 6. The largest absolute Gasteiger partial charge is 0.379 e. The Morgan fingerprint density at radius 2 is 1.69 bits per heavy atom. The van der Waals surface area contributed by atoms with E-state index in [2.05, 4.69) is 74.4 Å². The number of piperidine rings is 1. The van der Waals surface area contributed by atoms with E-state index in [9.17, 15) is 4.79 Å². The third-order valence-electron chi connectivity index (χ3n) is 8.15. The lowest BCUT2D eigenvalue weighted by atomic mass is 9.87. The Morgan fingerprint density at radius 1 is 0.917 bits per heavy atom. The van der Waals surface area contributed by atoms with Gasteiger partial charge < -0.3 is 19.9 Å². The van der Waals surface area contributed by atoms with Gasteiger partial charge in [-0.15, -0.1) is 0 Å². The van der Waals surface area contributed by atoms with Gasteiger partial charge in [0.2, 0.25) is 5.91 Å². The molecule has 2 aromatic carbocycles. The van der Waals surface area contributed by atoms with Crippen LogP contribution in [0.3, 0.4) is 0 Å². The molecule has 0 spiro atoms. The summed E-state index contributed by atoms with van der Waals surface area (Å²) in [5.74, 6) is 0.814. The van der Waals surface area contributed by atoms with E-state index < -0.39 is 0 Å². The molecule has 0 saturated carbocycles. The Morgan fingerprint density at radius 3 is 2.50 bits per heavy atom. The lowest BCUT2D eigenvalue weighted by molar-refractivity contribution is -0.127. The van der Waals surface area contributed by atoms with E-state index in [0.717, 1.165) is 98.2 Å². The summed E-state index contributed by atoms with van der Waals surface area (Å²) in [6, 6.07) is 15.4. The number of ether oxygens (including phenoxy) is 1. The molecule has 0 radical (unpaired) electrons. The van der Waals surface area contributed by atoms with Crippen molar-refractivity contribution in [2.75, 3.05) is 92.3 Å². The summed E-state index contributed by atoms with van der Waals surface area (Å²) in [6.45, 7) is 13.6. The maximum absolute atomic E-state index is 13.3. The second-order valence-electron chi connectivity index (χ2n) is 11.0. The van der Waals surface area contributed by atoms with Gasteiger partial charge in [0.05, 0.1) is 19.1 Å². The molecular formula is C29H43N5O2. The lowest BCUT2D eigenvalue weighted by Crippen LogP contribution is -2.51. The van der Waals surface area contributed by atoms with Crippen molar-refractivity contribution in [1.29, 1.82) is 0 Å². The molecule has 5 rings (SSSR count). The van der Waals surface area contributed by atoms with Crippen LogP contribution < -0.4 is 5.32 Å². The molecule has 3 fully saturated rings. The van der Waals surface area contributed by atoms with Crippen molar-refractivity contribution in [3.05, 3.63) is 48.0 Å². The Hall–Kier alpha value is -2.03. The molecule has 3 aliphatic rings. The van der Waals surface area contributed by atoms with Gasteiger partial charge in [0.25, 0.3) is 0 Å². The molecule has 196 valence electrons. The Bertz CT molecular complexity index is 987. The SMILES string of the molecule is CN1CCN(C[C@H]2C[C@@H](C(=O)NCCN3CCOCC3)CN(Cc3ccc4ccccc4c3)C2)CC1. The summed E-state index contributed by atoms with van der Waals surface area (Å²) in [4.78, 5) is 23.2. The molecule has 1 amide bonds. The van der Waals surface area contributed by atoms with Crippen LogP contribution in [0.2, 0.25) is 0 Å². The zero-order valence-corrected chi connectivity index (χ0v) is 21.9. The molecule has 1 N–H and O–H groups in total. The molecular weight excluding hydrogens is 450 g/mol. The maximum atomic E-state index is 13.3. The van der Waals surface area contributed by atoms with Crippen LogP contribution in [-0.4, -0.2) is 118 Å². The number of morpholine rings is 1. The van der Waals surface area contributed by atoms with Gasteiger partial charge in [-0.25, -0.2) is 0 Å². The molecule has 3 saturated heterocycles. The fourth-order valence-corrected chi connectivity index (χ4v) is 6.05. The van der Waals surface area contributed by atoms with Crippen LogP contribution in [0.1, 0.15) is 12.0 Å². The van der Waals surface area contributed by atoms with E-state index in [1.54, 1.807) is 0 Å². The number of carbonyl (C=O) groups is 1. The van der Waals surface area contributed by atoms with Crippen LogP contribution in [0.25, 0.3) is 10.8 Å². The first-order valence-electron chi connectivity index (χ1n) is 13.8. The minimum atomic E-state index is 0.0568. The van der Waals surface area contributed by atoms with Crippen molar-refractivity contribution in [3.63, 3.8) is 0 Å². The number of rotatable bonds is 8. The Labute approximate surface area is 216 Å². The average molecular weight is 494 g/mol. The highest BCUT2D eigenvalue weighted by Gasteiger charge is 2.33. The third-order valence-corrected chi connectivity index (χ3v) is 8.15. The zero-order valence-electron chi connectivity index (χ0n) is 21.9. The monoisotopic (exact) mass is 493 g/mol. The number of benzene rings is 2. The molecule has 0 unspecified atom stereocenters. The molecule has 7 nitrogen and oxygen atoms in total. The average Bonchev–Trinajstić information content (AvgIpc) is 2.90. The number of amides is 1. The first-order chi connectivity index (χ1) is 17.6. The molecule has 7 heteroatoms. The number of hydrogen-bond donors (Lipinski definition) is 1. The van der Waals surface area contributed by atoms with Crippen LogP contribution in [-0.2, 0) is 16.1 Å². The van der Waals surface area contributed by atoms with E-state index in [-0.39, 0.29) is 11.8 Å². The normalized spacial score (nSPS) is 25.2. The predicted octanol–water partition coefficient (Wildman–Crippen LogP) is 1.97. The number of likely N-dealkylation sites (tertiary alicyclic amines) is 1. The fourth-order valence-electron chi connectivity index (χ4n) is 6.05. The van der Waals surface area contributed by atoms with Gasteiger partial charge in [0, 0.05) is 78.5 Å². The highest BCUT2D eigenvalue weighted by Crippen LogP contribution is 2.26. The molecule has 3 heterocycles. The number of fused-ring (bicyclic) bond motifs is 1. The smallest absolute Gasteiger partial charge is 0.224 e. The molecule has 2 atom stereocenters.